The van der Waals surface area contributed by atoms with E-state index in [1.807, 2.05) is 0 Å². The molecule has 0 aromatic heterocycles. The Balaban J connectivity index is 2.04. The molecule has 1 nitrogen and oxygen atoms in total. The second-order valence-electron chi connectivity index (χ2n) is 7.95. The molecule has 17 heavy (non-hydrogen) atoms. The Morgan fingerprint density at radius 2 is 1.82 bits per heavy atom. The fraction of sp³-hybridized carbons (Fsp3) is 1.00. The highest BCUT2D eigenvalue weighted by molar-refractivity contribution is 5.06. The molecule has 4 rings (SSSR count). The van der Waals surface area contributed by atoms with Crippen LogP contribution in [-0.2, 0) is 4.74 Å². The molecule has 0 aromatic rings. The third-order valence-corrected chi connectivity index (χ3v) is 6.49. The summed E-state index contributed by atoms with van der Waals surface area (Å²) in [5.41, 5.74) is 0.682. The first-order valence-corrected chi connectivity index (χ1v) is 7.51. The molecular formula is C16H28O. The fourth-order valence-corrected chi connectivity index (χ4v) is 5.19. The van der Waals surface area contributed by atoms with Gasteiger partial charge in [-0.1, -0.05) is 20.8 Å². The molecule has 4 aliphatic rings. The Hall–Kier alpha value is -0.0400. The minimum absolute atomic E-state index is 0.150. The van der Waals surface area contributed by atoms with Gasteiger partial charge in [0, 0.05) is 0 Å². The van der Waals surface area contributed by atoms with Gasteiger partial charge in [-0.05, 0) is 68.6 Å². The van der Waals surface area contributed by atoms with Crippen LogP contribution in [-0.4, -0.2) is 11.7 Å². The van der Waals surface area contributed by atoms with Gasteiger partial charge >= 0.3 is 0 Å². The largest absolute Gasteiger partial charge is 0.372 e. The molecule has 2 aliphatic carbocycles. The molecule has 2 heterocycles. The number of hydrogen-bond acceptors (Lipinski definition) is 1. The first-order chi connectivity index (χ1) is 7.83. The summed E-state index contributed by atoms with van der Waals surface area (Å²) < 4.78 is 6.44. The van der Waals surface area contributed by atoms with E-state index in [1.54, 1.807) is 0 Å². The van der Waals surface area contributed by atoms with Crippen LogP contribution in [0.5, 0.6) is 0 Å². The molecule has 6 atom stereocenters. The second kappa shape index (κ2) is 3.50. The van der Waals surface area contributed by atoms with Gasteiger partial charge < -0.3 is 4.74 Å². The third kappa shape index (κ3) is 1.61. The number of ether oxygens (including phenoxy) is 1. The van der Waals surface area contributed by atoms with E-state index in [2.05, 4.69) is 34.6 Å². The van der Waals surface area contributed by atoms with Gasteiger partial charge in [0.05, 0.1) is 11.7 Å². The van der Waals surface area contributed by atoms with Crippen molar-refractivity contribution in [3.8, 4) is 0 Å². The van der Waals surface area contributed by atoms with Crippen molar-refractivity contribution in [1.29, 1.82) is 0 Å². The maximum Gasteiger partial charge on any atom is 0.0686 e. The lowest BCUT2D eigenvalue weighted by atomic mass is 9.56. The standard InChI is InChI=1S/C16H28O/c1-10-8-12-6-7-15(3,4)13-9-16(10,5)17-11(2)14(12)13/h10-14H,6-9H2,1-5H3. The van der Waals surface area contributed by atoms with E-state index in [0.717, 1.165) is 23.7 Å². The van der Waals surface area contributed by atoms with Crippen molar-refractivity contribution in [2.24, 2.45) is 29.1 Å². The Morgan fingerprint density at radius 1 is 1.12 bits per heavy atom. The summed E-state index contributed by atoms with van der Waals surface area (Å²) in [6, 6.07) is 0. The van der Waals surface area contributed by atoms with Crippen molar-refractivity contribution in [3.05, 3.63) is 0 Å². The molecule has 1 heteroatoms. The van der Waals surface area contributed by atoms with Crippen molar-refractivity contribution in [2.45, 2.75) is 72.0 Å². The molecule has 0 aromatic carbocycles. The third-order valence-electron chi connectivity index (χ3n) is 6.49. The summed E-state index contributed by atoms with van der Waals surface area (Å²) in [6.45, 7) is 12.1. The van der Waals surface area contributed by atoms with Crippen LogP contribution >= 0.6 is 0 Å². The lowest BCUT2D eigenvalue weighted by Gasteiger charge is -2.54. The van der Waals surface area contributed by atoms with Gasteiger partial charge in [-0.3, -0.25) is 0 Å². The monoisotopic (exact) mass is 236 g/mol. The Bertz CT molecular complexity index is 321. The molecule has 2 saturated carbocycles. The van der Waals surface area contributed by atoms with Crippen molar-refractivity contribution in [3.63, 3.8) is 0 Å². The zero-order valence-corrected chi connectivity index (χ0v) is 12.1. The van der Waals surface area contributed by atoms with Crippen molar-refractivity contribution >= 4 is 0 Å². The van der Waals surface area contributed by atoms with Crippen molar-refractivity contribution in [1.82, 2.24) is 0 Å². The van der Waals surface area contributed by atoms with Gasteiger partial charge in [-0.15, -0.1) is 0 Å². The summed E-state index contributed by atoms with van der Waals surface area (Å²) in [4.78, 5) is 0. The SMILES string of the molecule is CC1OC2(C)CC3C1C(CCC3(C)C)CC2C. The van der Waals surface area contributed by atoms with E-state index in [4.69, 9.17) is 4.74 Å². The number of rotatable bonds is 0. The zero-order valence-electron chi connectivity index (χ0n) is 12.1. The van der Waals surface area contributed by atoms with Gasteiger partial charge in [0.1, 0.15) is 0 Å². The smallest absolute Gasteiger partial charge is 0.0686 e. The Labute approximate surface area is 106 Å². The average Bonchev–Trinajstić information content (AvgIpc) is 2.36. The highest BCUT2D eigenvalue weighted by Gasteiger charge is 2.57. The van der Waals surface area contributed by atoms with Crippen LogP contribution in [0.3, 0.4) is 0 Å². The quantitative estimate of drug-likeness (QED) is 0.610. The number of hydrogen-bond donors (Lipinski definition) is 0. The van der Waals surface area contributed by atoms with E-state index in [9.17, 15) is 0 Å². The summed E-state index contributed by atoms with van der Waals surface area (Å²) >= 11 is 0. The Morgan fingerprint density at radius 3 is 2.53 bits per heavy atom. The fourth-order valence-electron chi connectivity index (χ4n) is 5.19. The highest BCUT2D eigenvalue weighted by atomic mass is 16.5. The minimum atomic E-state index is 0.150. The van der Waals surface area contributed by atoms with Crippen LogP contribution in [0.4, 0.5) is 0 Å². The molecule has 2 aliphatic heterocycles. The summed E-state index contributed by atoms with van der Waals surface area (Å²) in [6.07, 6.45) is 6.04. The van der Waals surface area contributed by atoms with E-state index >= 15 is 0 Å². The molecule has 4 fully saturated rings. The van der Waals surface area contributed by atoms with Gasteiger partial charge in [0.15, 0.2) is 0 Å². The predicted molar refractivity (Wildman–Crippen MR) is 70.8 cm³/mol. The normalized spacial score (nSPS) is 56.6. The van der Waals surface area contributed by atoms with Gasteiger partial charge in [0.2, 0.25) is 0 Å². The van der Waals surface area contributed by atoms with Gasteiger partial charge in [-0.2, -0.15) is 0 Å². The summed E-state index contributed by atoms with van der Waals surface area (Å²) in [7, 11) is 0. The summed E-state index contributed by atoms with van der Waals surface area (Å²) in [5.74, 6) is 3.39. The summed E-state index contributed by atoms with van der Waals surface area (Å²) in [5, 5.41) is 0. The first kappa shape index (κ1) is 12.0. The lowest BCUT2D eigenvalue weighted by Crippen LogP contribution is -2.53. The van der Waals surface area contributed by atoms with E-state index in [1.165, 1.54) is 25.7 Å². The minimum Gasteiger partial charge on any atom is -0.372 e. The molecule has 6 unspecified atom stereocenters. The van der Waals surface area contributed by atoms with Crippen LogP contribution in [0.2, 0.25) is 0 Å². The van der Waals surface area contributed by atoms with Crippen LogP contribution < -0.4 is 0 Å². The molecule has 2 saturated heterocycles. The van der Waals surface area contributed by atoms with Gasteiger partial charge in [-0.25, -0.2) is 0 Å². The topological polar surface area (TPSA) is 9.23 Å². The first-order valence-electron chi connectivity index (χ1n) is 7.51. The molecule has 0 spiro atoms. The second-order valence-corrected chi connectivity index (χ2v) is 7.95. The molecule has 0 N–H and O–H groups in total. The lowest BCUT2D eigenvalue weighted by molar-refractivity contribution is -0.194. The van der Waals surface area contributed by atoms with E-state index in [0.29, 0.717) is 11.5 Å². The Kier molecular flexibility index (Phi) is 2.47. The molecule has 0 radical (unpaired) electrons. The van der Waals surface area contributed by atoms with Crippen LogP contribution in [0.1, 0.15) is 60.3 Å². The van der Waals surface area contributed by atoms with Crippen LogP contribution in [0.25, 0.3) is 0 Å². The number of fused-ring (bicyclic) bond motifs is 2. The molecule has 4 bridgehead atoms. The highest BCUT2D eigenvalue weighted by Crippen LogP contribution is 2.60. The molecule has 0 amide bonds. The van der Waals surface area contributed by atoms with Gasteiger partial charge in [0.25, 0.3) is 0 Å². The maximum absolute atomic E-state index is 6.44. The van der Waals surface area contributed by atoms with E-state index in [-0.39, 0.29) is 5.60 Å². The molecule has 98 valence electrons. The van der Waals surface area contributed by atoms with Crippen molar-refractivity contribution in [2.75, 3.05) is 0 Å². The maximum atomic E-state index is 6.44. The predicted octanol–water partition coefficient (Wildman–Crippen LogP) is 4.26. The van der Waals surface area contributed by atoms with Crippen molar-refractivity contribution < 1.29 is 4.74 Å². The van der Waals surface area contributed by atoms with Crippen LogP contribution in [0, 0.1) is 29.1 Å². The van der Waals surface area contributed by atoms with Crippen LogP contribution in [0.15, 0.2) is 0 Å². The van der Waals surface area contributed by atoms with E-state index < -0.39 is 0 Å². The zero-order chi connectivity index (χ0) is 12.4. The average molecular weight is 236 g/mol. The molecular weight excluding hydrogens is 208 g/mol.